The quantitative estimate of drug-likeness (QED) is 0.581. The first kappa shape index (κ1) is 17.0. The van der Waals surface area contributed by atoms with E-state index in [1.807, 2.05) is 0 Å². The van der Waals surface area contributed by atoms with Gasteiger partial charge in [0.1, 0.15) is 0 Å². The van der Waals surface area contributed by atoms with E-state index in [2.05, 4.69) is 19.2 Å². The van der Waals surface area contributed by atoms with Gasteiger partial charge in [-0.15, -0.1) is 0 Å². The Kier molecular flexibility index (Phi) is 9.54. The minimum absolute atomic E-state index is 0.120. The standard InChI is InChI=1S/C17H35NO/c1-3-5-6-7-8-9-10-11-17(19)16-14-15(4-2)12-13-18-16/h15-19H,3-14H2,1-2H3. The summed E-state index contributed by atoms with van der Waals surface area (Å²) in [6.45, 7) is 5.63. The predicted octanol–water partition coefficient (Wildman–Crippen LogP) is 4.27. The maximum absolute atomic E-state index is 10.3. The van der Waals surface area contributed by atoms with Crippen molar-refractivity contribution in [3.63, 3.8) is 0 Å². The van der Waals surface area contributed by atoms with Gasteiger partial charge in [-0.3, -0.25) is 0 Å². The van der Waals surface area contributed by atoms with E-state index >= 15 is 0 Å². The van der Waals surface area contributed by atoms with Crippen LogP contribution in [0.15, 0.2) is 0 Å². The Bertz CT molecular complexity index is 207. The summed E-state index contributed by atoms with van der Waals surface area (Å²) < 4.78 is 0. The van der Waals surface area contributed by atoms with Crippen LogP contribution >= 0.6 is 0 Å². The number of hydrogen-bond donors (Lipinski definition) is 2. The van der Waals surface area contributed by atoms with Crippen molar-refractivity contribution in [2.24, 2.45) is 5.92 Å². The zero-order chi connectivity index (χ0) is 13.9. The molecule has 1 fully saturated rings. The second kappa shape index (κ2) is 10.7. The molecule has 2 nitrogen and oxygen atoms in total. The molecule has 0 amide bonds. The Balaban J connectivity index is 2.02. The lowest BCUT2D eigenvalue weighted by Crippen LogP contribution is -2.45. The van der Waals surface area contributed by atoms with E-state index in [9.17, 15) is 5.11 Å². The van der Waals surface area contributed by atoms with Gasteiger partial charge in [-0.25, -0.2) is 0 Å². The van der Waals surface area contributed by atoms with Gasteiger partial charge in [0.2, 0.25) is 0 Å². The molecule has 0 saturated carbocycles. The maximum Gasteiger partial charge on any atom is 0.0693 e. The maximum atomic E-state index is 10.3. The van der Waals surface area contributed by atoms with Crippen LogP contribution < -0.4 is 5.32 Å². The van der Waals surface area contributed by atoms with Crippen molar-refractivity contribution >= 4 is 0 Å². The molecule has 0 aromatic carbocycles. The molecule has 0 aliphatic carbocycles. The second-order valence-corrected chi connectivity index (χ2v) is 6.34. The van der Waals surface area contributed by atoms with Crippen LogP contribution in [0.1, 0.15) is 84.5 Å². The third-order valence-electron chi connectivity index (χ3n) is 4.69. The molecular formula is C17H35NO. The molecule has 0 spiro atoms. The lowest BCUT2D eigenvalue weighted by Gasteiger charge is -2.33. The number of unbranched alkanes of at least 4 members (excludes halogenated alkanes) is 6. The number of rotatable bonds is 10. The summed E-state index contributed by atoms with van der Waals surface area (Å²) in [6, 6.07) is 0.360. The first-order valence-electron chi connectivity index (χ1n) is 8.69. The van der Waals surface area contributed by atoms with Crippen LogP contribution in [0.2, 0.25) is 0 Å². The number of hydrogen-bond acceptors (Lipinski definition) is 2. The zero-order valence-electron chi connectivity index (χ0n) is 13.2. The van der Waals surface area contributed by atoms with Crippen LogP contribution in [0.3, 0.4) is 0 Å². The summed E-state index contributed by atoms with van der Waals surface area (Å²) in [7, 11) is 0. The number of aliphatic hydroxyl groups excluding tert-OH is 1. The Morgan fingerprint density at radius 2 is 1.74 bits per heavy atom. The summed E-state index contributed by atoms with van der Waals surface area (Å²) in [5.41, 5.74) is 0. The van der Waals surface area contributed by atoms with Gasteiger partial charge in [0.05, 0.1) is 6.10 Å². The van der Waals surface area contributed by atoms with Gasteiger partial charge < -0.3 is 10.4 Å². The molecule has 0 radical (unpaired) electrons. The smallest absolute Gasteiger partial charge is 0.0693 e. The monoisotopic (exact) mass is 269 g/mol. The first-order chi connectivity index (χ1) is 9.27. The van der Waals surface area contributed by atoms with E-state index in [0.717, 1.165) is 18.9 Å². The zero-order valence-corrected chi connectivity index (χ0v) is 13.2. The van der Waals surface area contributed by atoms with Gasteiger partial charge >= 0.3 is 0 Å². The third-order valence-corrected chi connectivity index (χ3v) is 4.69. The van der Waals surface area contributed by atoms with Crippen molar-refractivity contribution in [1.82, 2.24) is 5.32 Å². The lowest BCUT2D eigenvalue weighted by molar-refractivity contribution is 0.0879. The van der Waals surface area contributed by atoms with Crippen LogP contribution in [-0.2, 0) is 0 Å². The molecule has 1 aliphatic heterocycles. The Labute approximate surface area is 120 Å². The molecule has 114 valence electrons. The van der Waals surface area contributed by atoms with Crippen LogP contribution in [0, 0.1) is 5.92 Å². The molecular weight excluding hydrogens is 234 g/mol. The molecule has 1 saturated heterocycles. The minimum Gasteiger partial charge on any atom is -0.392 e. The summed E-state index contributed by atoms with van der Waals surface area (Å²) >= 11 is 0. The van der Waals surface area contributed by atoms with E-state index in [1.165, 1.54) is 64.2 Å². The fraction of sp³-hybridized carbons (Fsp3) is 1.00. The van der Waals surface area contributed by atoms with Crippen molar-refractivity contribution in [2.75, 3.05) is 6.54 Å². The van der Waals surface area contributed by atoms with Crippen LogP contribution in [0.25, 0.3) is 0 Å². The highest BCUT2D eigenvalue weighted by atomic mass is 16.3. The summed E-state index contributed by atoms with van der Waals surface area (Å²) in [5.74, 6) is 0.829. The number of aliphatic hydroxyl groups is 1. The van der Waals surface area contributed by atoms with E-state index in [-0.39, 0.29) is 6.10 Å². The van der Waals surface area contributed by atoms with E-state index < -0.39 is 0 Å². The molecule has 0 bridgehead atoms. The topological polar surface area (TPSA) is 32.3 Å². The predicted molar refractivity (Wildman–Crippen MR) is 83.4 cm³/mol. The van der Waals surface area contributed by atoms with Crippen LogP contribution in [0.5, 0.6) is 0 Å². The molecule has 3 unspecified atom stereocenters. The third kappa shape index (κ3) is 7.31. The molecule has 2 N–H and O–H groups in total. The summed E-state index contributed by atoms with van der Waals surface area (Å²) in [6.07, 6.45) is 13.9. The van der Waals surface area contributed by atoms with Gasteiger partial charge in [-0.2, -0.15) is 0 Å². The van der Waals surface area contributed by atoms with Gasteiger partial charge in [-0.1, -0.05) is 65.2 Å². The van der Waals surface area contributed by atoms with E-state index in [0.29, 0.717) is 6.04 Å². The molecule has 1 rings (SSSR count). The highest BCUT2D eigenvalue weighted by molar-refractivity contribution is 4.83. The summed E-state index contributed by atoms with van der Waals surface area (Å²) in [4.78, 5) is 0. The van der Waals surface area contributed by atoms with Crippen molar-refractivity contribution in [3.8, 4) is 0 Å². The lowest BCUT2D eigenvalue weighted by atomic mass is 9.87. The molecule has 1 aliphatic rings. The average Bonchev–Trinajstić information content (AvgIpc) is 2.46. The normalized spacial score (nSPS) is 25.4. The van der Waals surface area contributed by atoms with Gasteiger partial charge in [0, 0.05) is 6.04 Å². The fourth-order valence-electron chi connectivity index (χ4n) is 3.21. The highest BCUT2D eigenvalue weighted by Gasteiger charge is 2.25. The summed E-state index contributed by atoms with van der Waals surface area (Å²) in [5, 5.41) is 13.8. The average molecular weight is 269 g/mol. The molecule has 3 atom stereocenters. The Morgan fingerprint density at radius 1 is 1.05 bits per heavy atom. The van der Waals surface area contributed by atoms with Crippen molar-refractivity contribution in [3.05, 3.63) is 0 Å². The van der Waals surface area contributed by atoms with Crippen molar-refractivity contribution in [1.29, 1.82) is 0 Å². The van der Waals surface area contributed by atoms with Crippen LogP contribution in [0.4, 0.5) is 0 Å². The molecule has 0 aromatic rings. The van der Waals surface area contributed by atoms with Gasteiger partial charge in [0.15, 0.2) is 0 Å². The van der Waals surface area contributed by atoms with Gasteiger partial charge in [-0.05, 0) is 31.7 Å². The largest absolute Gasteiger partial charge is 0.392 e. The SMILES string of the molecule is CCCCCCCCCC(O)C1CC(CC)CCN1. The molecule has 2 heteroatoms. The fourth-order valence-corrected chi connectivity index (χ4v) is 3.21. The number of piperidine rings is 1. The first-order valence-corrected chi connectivity index (χ1v) is 8.69. The minimum atomic E-state index is -0.120. The second-order valence-electron chi connectivity index (χ2n) is 6.34. The van der Waals surface area contributed by atoms with E-state index in [1.54, 1.807) is 0 Å². The molecule has 1 heterocycles. The molecule has 19 heavy (non-hydrogen) atoms. The number of nitrogens with one attached hydrogen (secondary N) is 1. The van der Waals surface area contributed by atoms with Crippen molar-refractivity contribution < 1.29 is 5.11 Å². The van der Waals surface area contributed by atoms with E-state index in [4.69, 9.17) is 0 Å². The highest BCUT2D eigenvalue weighted by Crippen LogP contribution is 2.23. The van der Waals surface area contributed by atoms with Crippen LogP contribution in [-0.4, -0.2) is 23.8 Å². The van der Waals surface area contributed by atoms with Gasteiger partial charge in [0.25, 0.3) is 0 Å². The Morgan fingerprint density at radius 3 is 2.42 bits per heavy atom. The molecule has 0 aromatic heterocycles. The van der Waals surface area contributed by atoms with Crippen molar-refractivity contribution in [2.45, 2.75) is 96.6 Å². The Hall–Kier alpha value is -0.0800.